The number of rotatable bonds is 5. The van der Waals surface area contributed by atoms with E-state index in [1.54, 1.807) is 0 Å². The lowest BCUT2D eigenvalue weighted by molar-refractivity contribution is 0.421. The fourth-order valence-corrected chi connectivity index (χ4v) is 2.33. The summed E-state index contributed by atoms with van der Waals surface area (Å²) in [7, 11) is 0. The second kappa shape index (κ2) is 7.17. The van der Waals surface area contributed by atoms with E-state index in [4.69, 9.17) is 12.2 Å². The summed E-state index contributed by atoms with van der Waals surface area (Å²) in [6.45, 7) is 5.62. The lowest BCUT2D eigenvalue weighted by Crippen LogP contribution is -2.19. The maximum absolute atomic E-state index is 10.4. The van der Waals surface area contributed by atoms with Crippen LogP contribution in [0.25, 0.3) is 10.9 Å². The summed E-state index contributed by atoms with van der Waals surface area (Å²) in [4.78, 5) is 0. The molecule has 21 heavy (non-hydrogen) atoms. The number of thiocarbonyl (C=S) groups is 1. The van der Waals surface area contributed by atoms with Crippen molar-refractivity contribution in [3.05, 3.63) is 24.3 Å². The first kappa shape index (κ1) is 15.4. The van der Waals surface area contributed by atoms with E-state index < -0.39 is 0 Å². The van der Waals surface area contributed by atoms with Crippen LogP contribution < -0.4 is 5.32 Å². The van der Waals surface area contributed by atoms with Crippen molar-refractivity contribution in [1.29, 1.82) is 0 Å². The Bertz CT molecular complexity index is 663. The molecule has 0 aliphatic carbocycles. The normalized spacial score (nSPS) is 11.3. The molecule has 1 aromatic heterocycles. The molecule has 0 amide bonds. The molecule has 2 rings (SSSR count). The lowest BCUT2D eigenvalue weighted by Gasteiger charge is -2.03. The highest BCUT2D eigenvalue weighted by molar-refractivity contribution is 7.80. The highest BCUT2D eigenvalue weighted by atomic mass is 32.1. The van der Waals surface area contributed by atoms with Crippen molar-refractivity contribution in [2.45, 2.75) is 33.2 Å². The summed E-state index contributed by atoms with van der Waals surface area (Å²) in [5.41, 5.74) is 1.43. The highest BCUT2D eigenvalue weighted by Crippen LogP contribution is 2.38. The predicted molar refractivity (Wildman–Crippen MR) is 89.3 cm³/mol. The summed E-state index contributed by atoms with van der Waals surface area (Å²) < 4.78 is 1.85. The number of nitrogens with zero attached hydrogens (tertiary/aromatic N) is 3. The smallest absolute Gasteiger partial charge is 0.220 e. The number of aromatic hydroxyl groups is 1. The molecule has 6 heteroatoms. The molecular formula is C15H20N4OS. The van der Waals surface area contributed by atoms with Crippen molar-refractivity contribution in [1.82, 2.24) is 9.88 Å². The number of azo groups is 1. The van der Waals surface area contributed by atoms with Crippen LogP contribution in [0.1, 0.15) is 26.7 Å². The summed E-state index contributed by atoms with van der Waals surface area (Å²) in [5, 5.41) is 22.7. The van der Waals surface area contributed by atoms with Crippen LogP contribution in [0.3, 0.4) is 0 Å². The Kier molecular flexibility index (Phi) is 5.27. The molecule has 0 atom stereocenters. The van der Waals surface area contributed by atoms with E-state index in [1.165, 1.54) is 0 Å². The van der Waals surface area contributed by atoms with E-state index in [2.05, 4.69) is 29.4 Å². The highest BCUT2D eigenvalue weighted by Gasteiger charge is 2.15. The van der Waals surface area contributed by atoms with Crippen molar-refractivity contribution in [2.75, 3.05) is 6.54 Å². The van der Waals surface area contributed by atoms with Gasteiger partial charge in [0.1, 0.15) is 0 Å². The molecule has 0 aliphatic rings. The zero-order valence-corrected chi connectivity index (χ0v) is 13.2. The molecule has 1 aromatic carbocycles. The maximum Gasteiger partial charge on any atom is 0.220 e. The zero-order chi connectivity index (χ0) is 15.2. The largest absolute Gasteiger partial charge is 0.493 e. The Balaban J connectivity index is 2.37. The molecular weight excluding hydrogens is 284 g/mol. The molecule has 0 bridgehead atoms. The molecule has 5 nitrogen and oxygen atoms in total. The summed E-state index contributed by atoms with van der Waals surface area (Å²) in [6.07, 6.45) is 1.90. The molecule has 0 saturated heterocycles. The molecule has 2 aromatic rings. The topological polar surface area (TPSA) is 61.9 Å². The average molecular weight is 304 g/mol. The van der Waals surface area contributed by atoms with Crippen molar-refractivity contribution in [3.8, 4) is 5.88 Å². The third kappa shape index (κ3) is 3.39. The van der Waals surface area contributed by atoms with Gasteiger partial charge in [0.05, 0.1) is 5.52 Å². The van der Waals surface area contributed by atoms with Gasteiger partial charge in [-0.2, -0.15) is 0 Å². The van der Waals surface area contributed by atoms with Gasteiger partial charge in [0.15, 0.2) is 5.69 Å². The van der Waals surface area contributed by atoms with Gasteiger partial charge < -0.3 is 15.0 Å². The van der Waals surface area contributed by atoms with Gasteiger partial charge in [0.25, 0.3) is 0 Å². The molecule has 0 saturated carbocycles. The number of fused-ring (bicyclic) bond motifs is 1. The van der Waals surface area contributed by atoms with E-state index in [1.807, 2.05) is 28.8 Å². The molecule has 112 valence electrons. The fourth-order valence-electron chi connectivity index (χ4n) is 2.18. The Labute approximate surface area is 129 Å². The summed E-state index contributed by atoms with van der Waals surface area (Å²) >= 11 is 5.08. The van der Waals surface area contributed by atoms with Crippen LogP contribution in [-0.2, 0) is 6.54 Å². The Morgan fingerprint density at radius 3 is 2.76 bits per heavy atom. The van der Waals surface area contributed by atoms with Gasteiger partial charge in [-0.1, -0.05) is 32.0 Å². The number of hydrogen-bond donors (Lipinski definition) is 2. The van der Waals surface area contributed by atoms with Crippen LogP contribution in [0.2, 0.25) is 0 Å². The van der Waals surface area contributed by atoms with E-state index in [0.717, 1.165) is 36.8 Å². The van der Waals surface area contributed by atoms with E-state index >= 15 is 0 Å². The molecule has 0 fully saturated rings. The van der Waals surface area contributed by atoms with Crippen molar-refractivity contribution in [2.24, 2.45) is 10.2 Å². The number of benzene rings is 1. The maximum atomic E-state index is 10.4. The van der Waals surface area contributed by atoms with Crippen LogP contribution in [0, 0.1) is 0 Å². The van der Waals surface area contributed by atoms with Gasteiger partial charge in [-0.3, -0.25) is 0 Å². The summed E-state index contributed by atoms with van der Waals surface area (Å²) in [6, 6.07) is 7.77. The fraction of sp³-hybridized carbons (Fsp3) is 0.400. The average Bonchev–Trinajstić information content (AvgIpc) is 2.76. The summed E-state index contributed by atoms with van der Waals surface area (Å²) in [5.74, 6) is 0.139. The van der Waals surface area contributed by atoms with Gasteiger partial charge in [-0.25, -0.2) is 0 Å². The van der Waals surface area contributed by atoms with Crippen molar-refractivity contribution < 1.29 is 5.11 Å². The molecule has 0 spiro atoms. The molecule has 0 aliphatic heterocycles. The Morgan fingerprint density at radius 1 is 1.29 bits per heavy atom. The second-order valence-corrected chi connectivity index (χ2v) is 5.16. The Hall–Kier alpha value is -1.95. The molecule has 1 heterocycles. The third-order valence-corrected chi connectivity index (χ3v) is 3.36. The van der Waals surface area contributed by atoms with Crippen LogP contribution in [0.5, 0.6) is 5.88 Å². The quantitative estimate of drug-likeness (QED) is 0.645. The number of nitrogens with one attached hydrogen (secondary N) is 1. The van der Waals surface area contributed by atoms with Crippen LogP contribution in [0.4, 0.5) is 5.69 Å². The predicted octanol–water partition coefficient (Wildman–Crippen LogP) is 4.13. The minimum absolute atomic E-state index is 0.139. The number of hydrogen-bond acceptors (Lipinski definition) is 3. The van der Waals surface area contributed by atoms with E-state index in [0.29, 0.717) is 10.8 Å². The van der Waals surface area contributed by atoms with Crippen LogP contribution in [0.15, 0.2) is 34.5 Å². The van der Waals surface area contributed by atoms with Gasteiger partial charge in [0, 0.05) is 18.5 Å². The van der Waals surface area contributed by atoms with Gasteiger partial charge in [-0.05, 0) is 31.1 Å². The first-order valence-electron chi connectivity index (χ1n) is 7.18. The van der Waals surface area contributed by atoms with Crippen molar-refractivity contribution >= 4 is 33.9 Å². The number of para-hydroxylation sites is 1. The van der Waals surface area contributed by atoms with E-state index in [9.17, 15) is 5.11 Å². The zero-order valence-electron chi connectivity index (χ0n) is 12.3. The number of aryl methyl sites for hydroxylation is 1. The lowest BCUT2D eigenvalue weighted by atomic mass is 10.2. The minimum atomic E-state index is 0.139. The monoisotopic (exact) mass is 304 g/mol. The SMILES string of the molecule is CCCNC(=S)N=Nc1c(O)n(CCC)c2ccccc12. The van der Waals surface area contributed by atoms with Gasteiger partial charge in [-0.15, -0.1) is 10.2 Å². The van der Waals surface area contributed by atoms with Crippen molar-refractivity contribution in [3.63, 3.8) is 0 Å². The van der Waals surface area contributed by atoms with E-state index in [-0.39, 0.29) is 5.88 Å². The molecule has 0 unspecified atom stereocenters. The number of aromatic nitrogens is 1. The molecule has 0 radical (unpaired) electrons. The third-order valence-electron chi connectivity index (χ3n) is 3.13. The first-order chi connectivity index (χ1) is 10.2. The van der Waals surface area contributed by atoms with Gasteiger partial charge in [0.2, 0.25) is 11.0 Å². The standard InChI is InChI=1S/C15H20N4OS/c1-3-9-16-15(21)18-17-13-11-7-5-6-8-12(11)19(10-4-2)14(13)20/h5-8,20H,3-4,9-10H2,1-2H3,(H,16,21). The minimum Gasteiger partial charge on any atom is -0.493 e. The van der Waals surface area contributed by atoms with Crippen LogP contribution in [-0.4, -0.2) is 21.3 Å². The van der Waals surface area contributed by atoms with Crippen LogP contribution >= 0.6 is 12.2 Å². The Morgan fingerprint density at radius 2 is 2.05 bits per heavy atom. The van der Waals surface area contributed by atoms with Gasteiger partial charge >= 0.3 is 0 Å². The second-order valence-electron chi connectivity index (χ2n) is 4.77. The molecule has 2 N–H and O–H groups in total. The first-order valence-corrected chi connectivity index (χ1v) is 7.59.